The van der Waals surface area contributed by atoms with Crippen LogP contribution in [0.5, 0.6) is 0 Å². The third kappa shape index (κ3) is 2.23. The molecule has 0 saturated carbocycles. The molecule has 0 atom stereocenters. The Kier molecular flexibility index (Phi) is 2.80. The van der Waals surface area contributed by atoms with Gasteiger partial charge in [-0.2, -0.15) is 0 Å². The Morgan fingerprint density at radius 3 is 3.07 bits per heavy atom. The van der Waals surface area contributed by atoms with Crippen LogP contribution in [-0.2, 0) is 11.5 Å². The zero-order valence-corrected chi connectivity index (χ0v) is 8.30. The summed E-state index contributed by atoms with van der Waals surface area (Å²) in [5.41, 5.74) is 2.06. The maximum absolute atomic E-state index is 8.26. The molecule has 4 nitrogen and oxygen atoms in total. The highest BCUT2D eigenvalue weighted by molar-refractivity contribution is 5.54. The Morgan fingerprint density at radius 2 is 2.33 bits per heavy atom. The third-order valence-electron chi connectivity index (χ3n) is 2.03. The molecule has 1 N–H and O–H groups in total. The van der Waals surface area contributed by atoms with Crippen LogP contribution in [0.15, 0.2) is 34.9 Å². The van der Waals surface area contributed by atoms with Gasteiger partial charge in [0.15, 0.2) is 5.76 Å². The molecule has 0 bridgehead atoms. The van der Waals surface area contributed by atoms with E-state index in [2.05, 4.69) is 9.87 Å². The molecule has 2 rings (SSSR count). The van der Waals surface area contributed by atoms with E-state index in [4.69, 9.17) is 9.67 Å². The second kappa shape index (κ2) is 4.25. The molecule has 0 fully saturated rings. The van der Waals surface area contributed by atoms with Gasteiger partial charge < -0.3 is 4.42 Å². The monoisotopic (exact) mass is 205 g/mol. The van der Waals surface area contributed by atoms with Gasteiger partial charge in [0.1, 0.15) is 6.61 Å². The first-order valence-electron chi connectivity index (χ1n) is 4.57. The lowest BCUT2D eigenvalue weighted by atomic mass is 10.1. The molecule has 78 valence electrons. The fourth-order valence-corrected chi connectivity index (χ4v) is 1.35. The van der Waals surface area contributed by atoms with Crippen molar-refractivity contribution in [1.82, 2.24) is 4.98 Å². The number of oxazole rings is 1. The molecule has 1 heterocycles. The van der Waals surface area contributed by atoms with Gasteiger partial charge in [0.25, 0.3) is 0 Å². The Hall–Kier alpha value is -1.65. The molecule has 0 aliphatic heterocycles. The Labute approximate surface area is 87.1 Å². The summed E-state index contributed by atoms with van der Waals surface area (Å²) in [4.78, 5) is 8.06. The summed E-state index contributed by atoms with van der Waals surface area (Å²) in [6.07, 6.45) is 1.54. The molecular formula is C11H11NO3. The quantitative estimate of drug-likeness (QED) is 0.618. The Balaban J connectivity index is 2.29. The summed E-state index contributed by atoms with van der Waals surface area (Å²) in [7, 11) is 0. The number of benzene rings is 1. The number of aromatic nitrogens is 1. The fraction of sp³-hybridized carbons (Fsp3) is 0.182. The first-order chi connectivity index (χ1) is 7.29. The molecule has 0 aliphatic rings. The highest BCUT2D eigenvalue weighted by Gasteiger charge is 2.06. The lowest BCUT2D eigenvalue weighted by Gasteiger charge is -1.96. The second-order valence-electron chi connectivity index (χ2n) is 3.27. The van der Waals surface area contributed by atoms with Crippen molar-refractivity contribution in [2.24, 2.45) is 0 Å². The standard InChI is InChI=1S/C11H11NO3/c1-8-3-2-4-9(5-8)11-12-6-10(15-11)7-14-13/h2-6,13H,7H2,1H3. The number of rotatable bonds is 3. The van der Waals surface area contributed by atoms with Gasteiger partial charge in [0.2, 0.25) is 5.89 Å². The summed E-state index contributed by atoms with van der Waals surface area (Å²) >= 11 is 0. The predicted molar refractivity (Wildman–Crippen MR) is 54.1 cm³/mol. The van der Waals surface area contributed by atoms with Gasteiger partial charge >= 0.3 is 0 Å². The molecule has 0 aliphatic carbocycles. The van der Waals surface area contributed by atoms with Gasteiger partial charge in [-0.25, -0.2) is 9.87 Å². The minimum atomic E-state index is 0.0127. The first kappa shape index (κ1) is 9.89. The van der Waals surface area contributed by atoms with Crippen LogP contribution in [0.2, 0.25) is 0 Å². The van der Waals surface area contributed by atoms with E-state index in [0.29, 0.717) is 11.7 Å². The van der Waals surface area contributed by atoms with Crippen LogP contribution >= 0.6 is 0 Å². The smallest absolute Gasteiger partial charge is 0.226 e. The van der Waals surface area contributed by atoms with E-state index in [0.717, 1.165) is 11.1 Å². The first-order valence-corrected chi connectivity index (χ1v) is 4.57. The van der Waals surface area contributed by atoms with E-state index in [1.165, 1.54) is 6.20 Å². The van der Waals surface area contributed by atoms with Crippen LogP contribution in [0.1, 0.15) is 11.3 Å². The van der Waals surface area contributed by atoms with Crippen molar-refractivity contribution < 1.29 is 14.6 Å². The fourth-order valence-electron chi connectivity index (χ4n) is 1.35. The lowest BCUT2D eigenvalue weighted by Crippen LogP contribution is -1.82. The lowest BCUT2D eigenvalue weighted by molar-refractivity contribution is -0.255. The average molecular weight is 205 g/mol. The highest BCUT2D eigenvalue weighted by Crippen LogP contribution is 2.20. The van der Waals surface area contributed by atoms with Crippen LogP contribution in [0.4, 0.5) is 0 Å². The number of hydrogen-bond acceptors (Lipinski definition) is 4. The summed E-state index contributed by atoms with van der Waals surface area (Å²) in [5.74, 6) is 1.03. The highest BCUT2D eigenvalue weighted by atomic mass is 17.1. The SMILES string of the molecule is Cc1cccc(-c2ncc(COO)o2)c1. The molecule has 0 radical (unpaired) electrons. The van der Waals surface area contributed by atoms with E-state index in [1.807, 2.05) is 31.2 Å². The minimum absolute atomic E-state index is 0.0127. The third-order valence-corrected chi connectivity index (χ3v) is 2.03. The van der Waals surface area contributed by atoms with Crippen LogP contribution in [0.25, 0.3) is 11.5 Å². The Bertz CT molecular complexity index is 451. The van der Waals surface area contributed by atoms with Crippen molar-refractivity contribution in [3.63, 3.8) is 0 Å². The summed E-state index contributed by atoms with van der Waals surface area (Å²) < 4.78 is 5.37. The van der Waals surface area contributed by atoms with E-state index in [1.54, 1.807) is 0 Å². The average Bonchev–Trinajstić information content (AvgIpc) is 2.67. The van der Waals surface area contributed by atoms with Crippen LogP contribution in [0.3, 0.4) is 0 Å². The molecule has 0 unspecified atom stereocenters. The summed E-state index contributed by atoms with van der Waals surface area (Å²) in [5, 5.41) is 8.26. The van der Waals surface area contributed by atoms with Crippen molar-refractivity contribution >= 4 is 0 Å². The van der Waals surface area contributed by atoms with Gasteiger partial charge in [-0.05, 0) is 19.1 Å². The van der Waals surface area contributed by atoms with Crippen molar-refractivity contribution in [3.05, 3.63) is 41.8 Å². The van der Waals surface area contributed by atoms with Crippen molar-refractivity contribution in [3.8, 4) is 11.5 Å². The van der Waals surface area contributed by atoms with Gasteiger partial charge in [0.05, 0.1) is 6.20 Å². The van der Waals surface area contributed by atoms with Gasteiger partial charge in [-0.3, -0.25) is 5.26 Å². The maximum Gasteiger partial charge on any atom is 0.226 e. The molecule has 15 heavy (non-hydrogen) atoms. The van der Waals surface area contributed by atoms with Crippen LogP contribution in [-0.4, -0.2) is 10.2 Å². The number of aryl methyl sites for hydroxylation is 1. The van der Waals surface area contributed by atoms with Gasteiger partial charge in [-0.15, -0.1) is 0 Å². The second-order valence-corrected chi connectivity index (χ2v) is 3.27. The molecule has 0 saturated heterocycles. The molecule has 4 heteroatoms. The predicted octanol–water partition coefficient (Wildman–Crippen LogP) is 2.64. The molecule has 1 aromatic carbocycles. The minimum Gasteiger partial charge on any atom is -0.439 e. The topological polar surface area (TPSA) is 55.5 Å². The molecular weight excluding hydrogens is 194 g/mol. The van der Waals surface area contributed by atoms with E-state index in [-0.39, 0.29) is 6.61 Å². The van der Waals surface area contributed by atoms with Crippen LogP contribution < -0.4 is 0 Å². The van der Waals surface area contributed by atoms with Gasteiger partial charge in [0, 0.05) is 5.56 Å². The summed E-state index contributed by atoms with van der Waals surface area (Å²) in [6, 6.07) is 7.85. The maximum atomic E-state index is 8.26. The van der Waals surface area contributed by atoms with Crippen molar-refractivity contribution in [1.29, 1.82) is 0 Å². The number of nitrogens with zero attached hydrogens (tertiary/aromatic N) is 1. The molecule has 1 aromatic heterocycles. The Morgan fingerprint density at radius 1 is 1.47 bits per heavy atom. The zero-order chi connectivity index (χ0) is 10.7. The van der Waals surface area contributed by atoms with Crippen LogP contribution in [0, 0.1) is 6.92 Å². The number of hydrogen-bond donors (Lipinski definition) is 1. The molecule has 0 amide bonds. The normalized spacial score (nSPS) is 10.5. The van der Waals surface area contributed by atoms with Crippen molar-refractivity contribution in [2.75, 3.05) is 0 Å². The van der Waals surface area contributed by atoms with E-state index >= 15 is 0 Å². The van der Waals surface area contributed by atoms with Gasteiger partial charge in [-0.1, -0.05) is 17.7 Å². The zero-order valence-electron chi connectivity index (χ0n) is 8.30. The largest absolute Gasteiger partial charge is 0.439 e. The van der Waals surface area contributed by atoms with E-state index in [9.17, 15) is 0 Å². The molecule has 0 spiro atoms. The van der Waals surface area contributed by atoms with E-state index < -0.39 is 0 Å². The van der Waals surface area contributed by atoms with Crippen molar-refractivity contribution in [2.45, 2.75) is 13.5 Å². The molecule has 2 aromatic rings. The summed E-state index contributed by atoms with van der Waals surface area (Å²) in [6.45, 7) is 2.02.